The molecule has 0 spiro atoms. The van der Waals surface area contributed by atoms with Crippen LogP contribution in [0.15, 0.2) is 30.3 Å². The highest BCUT2D eigenvalue weighted by Crippen LogP contribution is 2.41. The van der Waals surface area contributed by atoms with E-state index in [0.29, 0.717) is 5.41 Å². The van der Waals surface area contributed by atoms with E-state index in [2.05, 4.69) is 37.6 Å². The van der Waals surface area contributed by atoms with Crippen molar-refractivity contribution in [2.45, 2.75) is 52.1 Å². The lowest BCUT2D eigenvalue weighted by molar-refractivity contribution is 0.0784. The first-order valence-corrected chi connectivity index (χ1v) is 7.27. The van der Waals surface area contributed by atoms with Gasteiger partial charge >= 0.3 is 0 Å². The average molecular weight is 245 g/mol. The molecule has 99 valence electrons. The lowest BCUT2D eigenvalue weighted by atomic mass is 9.70. The Labute approximate surface area is 112 Å². The molecule has 0 N–H and O–H groups in total. The van der Waals surface area contributed by atoms with Gasteiger partial charge in [-0.3, -0.25) is 0 Å². The third-order valence-electron chi connectivity index (χ3n) is 4.32. The smallest absolute Gasteiger partial charge is 0.0716 e. The van der Waals surface area contributed by atoms with Gasteiger partial charge in [0.15, 0.2) is 0 Å². The minimum absolute atomic E-state index is 0.467. The zero-order chi connectivity index (χ0) is 12.7. The molecule has 1 fully saturated rings. The topological polar surface area (TPSA) is 9.23 Å². The highest BCUT2D eigenvalue weighted by atomic mass is 16.5. The number of hydrogen-bond acceptors (Lipinski definition) is 1. The van der Waals surface area contributed by atoms with Crippen LogP contribution in [0.25, 0.3) is 0 Å². The van der Waals surface area contributed by atoms with Gasteiger partial charge in [-0.25, -0.2) is 0 Å². The lowest BCUT2D eigenvalue weighted by Crippen LogP contribution is -2.25. The van der Waals surface area contributed by atoms with Crippen LogP contribution in [0.1, 0.15) is 51.0 Å². The maximum atomic E-state index is 5.83. The van der Waals surface area contributed by atoms with Crippen LogP contribution in [0.3, 0.4) is 0 Å². The first kappa shape index (κ1) is 13.6. The van der Waals surface area contributed by atoms with Crippen molar-refractivity contribution in [2.75, 3.05) is 6.61 Å². The summed E-state index contributed by atoms with van der Waals surface area (Å²) in [5.41, 5.74) is 1.74. The molecule has 1 radical (unpaired) electrons. The maximum absolute atomic E-state index is 5.83. The van der Waals surface area contributed by atoms with Crippen LogP contribution in [0.2, 0.25) is 0 Å². The molecule has 0 aromatic heterocycles. The largest absolute Gasteiger partial charge is 0.377 e. The fourth-order valence-corrected chi connectivity index (χ4v) is 2.98. The summed E-state index contributed by atoms with van der Waals surface area (Å²) >= 11 is 0. The van der Waals surface area contributed by atoms with Crippen molar-refractivity contribution < 1.29 is 4.74 Å². The summed E-state index contributed by atoms with van der Waals surface area (Å²) in [6.45, 7) is 3.86. The van der Waals surface area contributed by atoms with Gasteiger partial charge in [0.05, 0.1) is 6.61 Å². The molecule has 1 aromatic carbocycles. The fraction of sp³-hybridized carbons (Fsp3) is 0.588. The number of rotatable bonds is 6. The standard InChI is InChI=1S/C17H25O/c1-2-17(11-7-4-8-12-17)13-14-18-15-16-9-5-3-6-10-16/h2-3,5-6,9-10H,4,7-8,11-15H2,1H3. The van der Waals surface area contributed by atoms with Gasteiger partial charge in [0.2, 0.25) is 0 Å². The Morgan fingerprint density at radius 1 is 1.11 bits per heavy atom. The highest BCUT2D eigenvalue weighted by Gasteiger charge is 2.29. The summed E-state index contributed by atoms with van der Waals surface area (Å²) in [5.74, 6) is 0. The van der Waals surface area contributed by atoms with E-state index >= 15 is 0 Å². The highest BCUT2D eigenvalue weighted by molar-refractivity contribution is 5.13. The Morgan fingerprint density at radius 3 is 2.50 bits per heavy atom. The van der Waals surface area contributed by atoms with Crippen LogP contribution in [-0.2, 0) is 11.3 Å². The molecule has 0 unspecified atom stereocenters. The second kappa shape index (κ2) is 6.94. The van der Waals surface area contributed by atoms with E-state index in [1.54, 1.807) is 0 Å². The Hall–Kier alpha value is -0.820. The molecule has 1 aliphatic carbocycles. The SMILES string of the molecule is C[CH]C1(CCOCc2ccccc2)CCCCC1. The molecular weight excluding hydrogens is 220 g/mol. The fourth-order valence-electron chi connectivity index (χ4n) is 2.98. The summed E-state index contributed by atoms with van der Waals surface area (Å²) < 4.78 is 5.83. The van der Waals surface area contributed by atoms with Crippen molar-refractivity contribution >= 4 is 0 Å². The van der Waals surface area contributed by atoms with Crippen molar-refractivity contribution in [3.63, 3.8) is 0 Å². The van der Waals surface area contributed by atoms with E-state index < -0.39 is 0 Å². The summed E-state index contributed by atoms with van der Waals surface area (Å²) in [6, 6.07) is 10.4. The van der Waals surface area contributed by atoms with E-state index in [0.717, 1.165) is 13.2 Å². The van der Waals surface area contributed by atoms with E-state index in [4.69, 9.17) is 4.74 Å². The molecule has 1 aliphatic rings. The molecule has 1 nitrogen and oxygen atoms in total. The van der Waals surface area contributed by atoms with Crippen molar-refractivity contribution in [1.29, 1.82) is 0 Å². The minimum atomic E-state index is 0.467. The van der Waals surface area contributed by atoms with Crippen LogP contribution in [0, 0.1) is 11.8 Å². The van der Waals surface area contributed by atoms with Gasteiger partial charge in [-0.15, -0.1) is 0 Å². The molecule has 1 saturated carbocycles. The zero-order valence-electron chi connectivity index (χ0n) is 11.5. The predicted octanol–water partition coefficient (Wildman–Crippen LogP) is 4.77. The van der Waals surface area contributed by atoms with Crippen LogP contribution >= 0.6 is 0 Å². The van der Waals surface area contributed by atoms with Crippen molar-refractivity contribution in [3.05, 3.63) is 42.3 Å². The van der Waals surface area contributed by atoms with E-state index in [1.807, 2.05) is 6.07 Å². The van der Waals surface area contributed by atoms with Gasteiger partial charge in [-0.1, -0.05) is 56.5 Å². The number of ether oxygens (including phenoxy) is 1. The molecule has 0 bridgehead atoms. The van der Waals surface area contributed by atoms with Gasteiger partial charge in [0.25, 0.3) is 0 Å². The van der Waals surface area contributed by atoms with E-state index in [1.165, 1.54) is 44.1 Å². The third kappa shape index (κ3) is 3.84. The normalized spacial score (nSPS) is 18.7. The van der Waals surface area contributed by atoms with Crippen molar-refractivity contribution in [2.24, 2.45) is 5.41 Å². The molecule has 1 heteroatoms. The quantitative estimate of drug-likeness (QED) is 0.656. The Kier molecular flexibility index (Phi) is 5.25. The Balaban J connectivity index is 1.71. The Morgan fingerprint density at radius 2 is 1.83 bits per heavy atom. The van der Waals surface area contributed by atoms with E-state index in [-0.39, 0.29) is 0 Å². The average Bonchev–Trinajstić information content (AvgIpc) is 2.46. The van der Waals surface area contributed by atoms with Gasteiger partial charge < -0.3 is 4.74 Å². The minimum Gasteiger partial charge on any atom is -0.377 e. The summed E-state index contributed by atoms with van der Waals surface area (Å²) in [5, 5.41) is 0. The molecular formula is C17H25O. The predicted molar refractivity (Wildman–Crippen MR) is 76.2 cm³/mol. The third-order valence-corrected chi connectivity index (χ3v) is 4.32. The molecule has 0 heterocycles. The lowest BCUT2D eigenvalue weighted by Gasteiger charge is -2.36. The first-order valence-electron chi connectivity index (χ1n) is 7.27. The van der Waals surface area contributed by atoms with Crippen LogP contribution in [0.4, 0.5) is 0 Å². The van der Waals surface area contributed by atoms with Crippen LogP contribution in [0.5, 0.6) is 0 Å². The molecule has 0 atom stereocenters. The van der Waals surface area contributed by atoms with E-state index in [9.17, 15) is 0 Å². The summed E-state index contributed by atoms with van der Waals surface area (Å²) in [4.78, 5) is 0. The second-order valence-electron chi connectivity index (χ2n) is 5.50. The molecule has 0 saturated heterocycles. The summed E-state index contributed by atoms with van der Waals surface area (Å²) in [6.07, 6.45) is 10.5. The van der Waals surface area contributed by atoms with Gasteiger partial charge in [0.1, 0.15) is 0 Å². The molecule has 18 heavy (non-hydrogen) atoms. The zero-order valence-corrected chi connectivity index (χ0v) is 11.5. The molecule has 0 amide bonds. The summed E-state index contributed by atoms with van der Waals surface area (Å²) in [7, 11) is 0. The van der Waals surface area contributed by atoms with Crippen LogP contribution < -0.4 is 0 Å². The van der Waals surface area contributed by atoms with Crippen molar-refractivity contribution in [3.8, 4) is 0 Å². The molecule has 0 aliphatic heterocycles. The monoisotopic (exact) mass is 245 g/mol. The molecule has 1 aromatic rings. The van der Waals surface area contributed by atoms with Gasteiger partial charge in [-0.05, 0) is 36.7 Å². The molecule has 2 rings (SSSR count). The first-order chi connectivity index (χ1) is 8.85. The van der Waals surface area contributed by atoms with Crippen LogP contribution in [-0.4, -0.2) is 6.61 Å². The van der Waals surface area contributed by atoms with Gasteiger partial charge in [-0.2, -0.15) is 0 Å². The van der Waals surface area contributed by atoms with Gasteiger partial charge in [0, 0.05) is 6.61 Å². The maximum Gasteiger partial charge on any atom is 0.0716 e. The second-order valence-corrected chi connectivity index (χ2v) is 5.50. The van der Waals surface area contributed by atoms with Crippen molar-refractivity contribution in [1.82, 2.24) is 0 Å². The number of hydrogen-bond donors (Lipinski definition) is 0. The number of benzene rings is 1. The Bertz CT molecular complexity index is 325.